The molecule has 0 aliphatic carbocycles. The fourth-order valence-corrected chi connectivity index (χ4v) is 3.34. The van der Waals surface area contributed by atoms with Crippen LogP contribution in [0.4, 0.5) is 15.9 Å². The van der Waals surface area contributed by atoms with Crippen molar-refractivity contribution in [3.05, 3.63) is 52.4 Å². The molecule has 0 spiro atoms. The Morgan fingerprint density at radius 1 is 1.38 bits per heavy atom. The summed E-state index contributed by atoms with van der Waals surface area (Å²) in [4.78, 5) is 28.3. The van der Waals surface area contributed by atoms with Crippen LogP contribution in [0, 0.1) is 11.7 Å². The normalized spacial score (nSPS) is 16.4. The number of carbonyl (C=O) groups excluding carboxylic acids is 2. The number of hydrogen-bond donors (Lipinski definition) is 2. The van der Waals surface area contributed by atoms with Crippen LogP contribution in [0.25, 0.3) is 0 Å². The Labute approximate surface area is 173 Å². The van der Waals surface area contributed by atoms with Crippen LogP contribution in [0.2, 0.25) is 5.02 Å². The third-order valence-electron chi connectivity index (χ3n) is 4.79. The SMILES string of the molecule is CC(C)c1cc(Nc2ccc(Cl)cc2F)ncc1C(=O)NCC1CCOC(=O)C1. The first-order chi connectivity index (χ1) is 13.8. The lowest BCUT2D eigenvalue weighted by molar-refractivity contribution is -0.149. The molecule has 0 radical (unpaired) electrons. The van der Waals surface area contributed by atoms with Crippen LogP contribution in [0.5, 0.6) is 0 Å². The number of esters is 1. The fraction of sp³-hybridized carbons (Fsp3) is 0.381. The molecule has 8 heteroatoms. The summed E-state index contributed by atoms with van der Waals surface area (Å²) in [7, 11) is 0. The summed E-state index contributed by atoms with van der Waals surface area (Å²) in [6, 6.07) is 6.07. The van der Waals surface area contributed by atoms with Crippen molar-refractivity contribution in [2.24, 2.45) is 5.92 Å². The zero-order valence-electron chi connectivity index (χ0n) is 16.3. The fourth-order valence-electron chi connectivity index (χ4n) is 3.18. The largest absolute Gasteiger partial charge is 0.466 e. The van der Waals surface area contributed by atoms with Crippen molar-refractivity contribution in [1.82, 2.24) is 10.3 Å². The molecule has 1 aromatic carbocycles. The van der Waals surface area contributed by atoms with E-state index in [0.717, 1.165) is 12.0 Å². The molecule has 1 atom stereocenters. The second-order valence-electron chi connectivity index (χ2n) is 7.35. The van der Waals surface area contributed by atoms with Gasteiger partial charge < -0.3 is 15.4 Å². The highest BCUT2D eigenvalue weighted by Crippen LogP contribution is 2.26. The number of hydrogen-bond acceptors (Lipinski definition) is 5. The van der Waals surface area contributed by atoms with Crippen molar-refractivity contribution in [3.8, 4) is 0 Å². The number of nitrogens with one attached hydrogen (secondary N) is 2. The van der Waals surface area contributed by atoms with Gasteiger partial charge in [0.25, 0.3) is 5.91 Å². The third-order valence-corrected chi connectivity index (χ3v) is 5.03. The van der Waals surface area contributed by atoms with E-state index >= 15 is 0 Å². The quantitative estimate of drug-likeness (QED) is 0.677. The van der Waals surface area contributed by atoms with Gasteiger partial charge in [-0.1, -0.05) is 25.4 Å². The Kier molecular flexibility index (Phi) is 6.69. The van der Waals surface area contributed by atoms with Crippen LogP contribution >= 0.6 is 11.6 Å². The number of pyridine rings is 1. The monoisotopic (exact) mass is 419 g/mol. The summed E-state index contributed by atoms with van der Waals surface area (Å²) in [6.07, 6.45) is 2.53. The van der Waals surface area contributed by atoms with Crippen molar-refractivity contribution in [2.75, 3.05) is 18.5 Å². The molecule has 3 rings (SSSR count). The summed E-state index contributed by atoms with van der Waals surface area (Å²) in [5.74, 6) is -0.405. The van der Waals surface area contributed by atoms with Crippen molar-refractivity contribution in [2.45, 2.75) is 32.6 Å². The van der Waals surface area contributed by atoms with Crippen molar-refractivity contribution < 1.29 is 18.7 Å². The van der Waals surface area contributed by atoms with Crippen LogP contribution in [0.3, 0.4) is 0 Å². The lowest BCUT2D eigenvalue weighted by atomic mass is 9.97. The molecule has 1 unspecified atom stereocenters. The number of aromatic nitrogens is 1. The van der Waals surface area contributed by atoms with E-state index in [1.54, 1.807) is 12.1 Å². The Morgan fingerprint density at radius 3 is 2.86 bits per heavy atom. The smallest absolute Gasteiger partial charge is 0.306 e. The van der Waals surface area contributed by atoms with E-state index in [4.69, 9.17) is 16.3 Å². The van der Waals surface area contributed by atoms with Gasteiger partial charge in [0, 0.05) is 17.8 Å². The van der Waals surface area contributed by atoms with Gasteiger partial charge in [0.05, 0.1) is 24.3 Å². The van der Waals surface area contributed by atoms with Gasteiger partial charge in [-0.25, -0.2) is 9.37 Å². The van der Waals surface area contributed by atoms with Gasteiger partial charge in [-0.2, -0.15) is 0 Å². The molecule has 6 nitrogen and oxygen atoms in total. The summed E-state index contributed by atoms with van der Waals surface area (Å²) in [5, 5.41) is 6.12. The predicted molar refractivity (Wildman–Crippen MR) is 109 cm³/mol. The second-order valence-corrected chi connectivity index (χ2v) is 7.79. The summed E-state index contributed by atoms with van der Waals surface area (Å²) < 4.78 is 19.0. The molecule has 1 amide bonds. The molecule has 1 saturated heterocycles. The van der Waals surface area contributed by atoms with E-state index in [1.165, 1.54) is 18.3 Å². The summed E-state index contributed by atoms with van der Waals surface area (Å²) >= 11 is 5.78. The van der Waals surface area contributed by atoms with Crippen LogP contribution < -0.4 is 10.6 Å². The molecule has 1 aromatic heterocycles. The van der Waals surface area contributed by atoms with Crippen molar-refractivity contribution >= 4 is 35.0 Å². The molecule has 2 N–H and O–H groups in total. The molecule has 2 heterocycles. The zero-order valence-corrected chi connectivity index (χ0v) is 17.1. The first-order valence-electron chi connectivity index (χ1n) is 9.49. The maximum Gasteiger partial charge on any atom is 0.306 e. The Balaban J connectivity index is 1.73. The Hall–Kier alpha value is -2.67. The van der Waals surface area contributed by atoms with Gasteiger partial charge in [-0.15, -0.1) is 0 Å². The number of anilines is 2. The van der Waals surface area contributed by atoms with Crippen molar-refractivity contribution in [3.63, 3.8) is 0 Å². The molecule has 1 aliphatic rings. The van der Waals surface area contributed by atoms with E-state index in [1.807, 2.05) is 13.8 Å². The van der Waals surface area contributed by atoms with Gasteiger partial charge in [0.1, 0.15) is 11.6 Å². The average Bonchev–Trinajstić information content (AvgIpc) is 2.68. The number of benzene rings is 1. The minimum absolute atomic E-state index is 0.0547. The topological polar surface area (TPSA) is 80.3 Å². The van der Waals surface area contributed by atoms with Gasteiger partial charge in [0.15, 0.2) is 0 Å². The van der Waals surface area contributed by atoms with Crippen molar-refractivity contribution in [1.29, 1.82) is 0 Å². The first kappa shape index (κ1) is 21.0. The van der Waals surface area contributed by atoms with Gasteiger partial charge in [0.2, 0.25) is 0 Å². The van der Waals surface area contributed by atoms with Gasteiger partial charge >= 0.3 is 5.97 Å². The third kappa shape index (κ3) is 5.44. The zero-order chi connectivity index (χ0) is 21.0. The second kappa shape index (κ2) is 9.22. The van der Waals surface area contributed by atoms with E-state index < -0.39 is 5.82 Å². The predicted octanol–water partition coefficient (Wildman–Crippen LogP) is 4.42. The van der Waals surface area contributed by atoms with Crippen LogP contribution in [-0.2, 0) is 9.53 Å². The van der Waals surface area contributed by atoms with Crippen LogP contribution in [-0.4, -0.2) is 30.0 Å². The molecular weight excluding hydrogens is 397 g/mol. The number of amides is 1. The molecule has 154 valence electrons. The number of carbonyl (C=O) groups is 2. The minimum Gasteiger partial charge on any atom is -0.466 e. The van der Waals surface area contributed by atoms with Crippen LogP contribution in [0.15, 0.2) is 30.5 Å². The molecule has 1 fully saturated rings. The molecule has 29 heavy (non-hydrogen) atoms. The maximum absolute atomic E-state index is 14.0. The molecule has 2 aromatic rings. The lowest BCUT2D eigenvalue weighted by Crippen LogP contribution is -2.34. The van der Waals surface area contributed by atoms with Crippen LogP contribution in [0.1, 0.15) is 48.5 Å². The van der Waals surface area contributed by atoms with E-state index in [2.05, 4.69) is 15.6 Å². The highest BCUT2D eigenvalue weighted by atomic mass is 35.5. The summed E-state index contributed by atoms with van der Waals surface area (Å²) in [5.41, 5.74) is 1.50. The molecule has 1 aliphatic heterocycles. The van der Waals surface area contributed by atoms with E-state index in [9.17, 15) is 14.0 Å². The van der Waals surface area contributed by atoms with Gasteiger partial charge in [-0.3, -0.25) is 9.59 Å². The maximum atomic E-state index is 14.0. The minimum atomic E-state index is -0.488. The lowest BCUT2D eigenvalue weighted by Gasteiger charge is -2.22. The number of ether oxygens (including phenoxy) is 1. The van der Waals surface area contributed by atoms with Gasteiger partial charge in [-0.05, 0) is 48.1 Å². The standard InChI is InChI=1S/C21H23ClFN3O3/c1-12(2)15-9-19(26-18-4-3-14(22)8-17(18)23)24-11-16(15)21(28)25-10-13-5-6-29-20(27)7-13/h3-4,8-9,11-13H,5-7,10H2,1-2H3,(H,24,26)(H,25,28). The number of halogens is 2. The number of cyclic esters (lactones) is 1. The molecule has 0 saturated carbocycles. The first-order valence-corrected chi connectivity index (χ1v) is 9.87. The highest BCUT2D eigenvalue weighted by molar-refractivity contribution is 6.30. The summed E-state index contributed by atoms with van der Waals surface area (Å²) in [6.45, 7) is 4.73. The number of nitrogens with zero attached hydrogens (tertiary/aromatic N) is 1. The van der Waals surface area contributed by atoms with E-state index in [-0.39, 0.29) is 29.4 Å². The Bertz CT molecular complexity index is 920. The Morgan fingerprint density at radius 2 is 2.17 bits per heavy atom. The van der Waals surface area contributed by atoms with E-state index in [0.29, 0.717) is 36.0 Å². The molecular formula is C21H23ClFN3O3. The highest BCUT2D eigenvalue weighted by Gasteiger charge is 2.22. The number of rotatable bonds is 6. The average molecular weight is 420 g/mol. The molecule has 0 bridgehead atoms.